The molecule has 0 radical (unpaired) electrons. The van der Waals surface area contributed by atoms with Gasteiger partial charge in [0.2, 0.25) is 0 Å². The van der Waals surface area contributed by atoms with E-state index in [1.54, 1.807) is 0 Å². The highest BCUT2D eigenvalue weighted by molar-refractivity contribution is 6.13. The molecule has 13 rings (SSSR count). The van der Waals surface area contributed by atoms with Crippen molar-refractivity contribution >= 4 is 43.6 Å². The lowest BCUT2D eigenvalue weighted by Gasteiger charge is -2.26. The molecular formula is C75H72N6. The van der Waals surface area contributed by atoms with Gasteiger partial charge in [0, 0.05) is 61.0 Å². The van der Waals surface area contributed by atoms with Crippen molar-refractivity contribution in [1.82, 2.24) is 29.1 Å². The van der Waals surface area contributed by atoms with Crippen molar-refractivity contribution in [2.45, 2.75) is 124 Å². The number of hydrogen-bond donors (Lipinski definition) is 0. The summed E-state index contributed by atoms with van der Waals surface area (Å²) in [5.41, 5.74) is 21.0. The molecule has 402 valence electrons. The summed E-state index contributed by atoms with van der Waals surface area (Å²) in [5, 5.41) is 4.81. The minimum absolute atomic E-state index is 0.116. The van der Waals surface area contributed by atoms with Gasteiger partial charge in [0.25, 0.3) is 0 Å². The molecule has 0 aliphatic heterocycles. The van der Waals surface area contributed by atoms with Gasteiger partial charge in [-0.25, -0.2) is 15.0 Å². The second-order valence-corrected chi connectivity index (χ2v) is 27.3. The van der Waals surface area contributed by atoms with Crippen LogP contribution in [0.25, 0.3) is 111 Å². The summed E-state index contributed by atoms with van der Waals surface area (Å²) in [7, 11) is 0. The van der Waals surface area contributed by atoms with Crippen LogP contribution in [0.5, 0.6) is 0 Å². The number of pyridine rings is 1. The van der Waals surface area contributed by atoms with Gasteiger partial charge in [0.05, 0.1) is 39.6 Å². The summed E-state index contributed by atoms with van der Waals surface area (Å²) in [4.78, 5) is 21.7. The molecular weight excluding hydrogens is 985 g/mol. The number of benzene rings is 8. The molecule has 0 atom stereocenters. The highest BCUT2D eigenvalue weighted by Crippen LogP contribution is 2.52. The van der Waals surface area contributed by atoms with E-state index in [4.69, 9.17) is 19.9 Å². The normalized spacial score (nSPS) is 13.7. The SMILES string of the molecule is CC(C)(C)c1cc(-c2nc(-c3cc(C(C)(C)C)cc(C(C)(C)C)c3)nc(-c3ccc(-n4c5ccccc5c5ccccc54)c(-c4ccncc4-n4c5ccccc5c5cc6c(cc54)C(C)(C)c4ccccc4-6)c3)n2)cc(C(C)(C)C)c1. The van der Waals surface area contributed by atoms with Gasteiger partial charge in [0.15, 0.2) is 17.5 Å². The molecule has 0 fully saturated rings. The van der Waals surface area contributed by atoms with Crippen molar-refractivity contribution in [3.8, 4) is 67.8 Å². The summed E-state index contributed by atoms with van der Waals surface area (Å²) in [5.74, 6) is 1.89. The molecule has 1 aliphatic carbocycles. The van der Waals surface area contributed by atoms with E-state index in [1.807, 2.05) is 6.20 Å². The van der Waals surface area contributed by atoms with Gasteiger partial charge < -0.3 is 9.13 Å². The van der Waals surface area contributed by atoms with Crippen LogP contribution in [0.3, 0.4) is 0 Å². The summed E-state index contributed by atoms with van der Waals surface area (Å²) in [6.45, 7) is 32.2. The molecule has 0 spiro atoms. The third-order valence-electron chi connectivity index (χ3n) is 17.3. The summed E-state index contributed by atoms with van der Waals surface area (Å²) >= 11 is 0. The quantitative estimate of drug-likeness (QED) is 0.166. The standard InChI is InChI=1S/C75H72N6/c1-71(2,3)48-35-46(36-49(40-48)72(4,5)6)69-77-68(78-70(79-69)47-37-50(73(7,8)9)41-51(38-47)74(10,11)12)45-31-32-65(80-62-28-20-16-24-53(62)54-25-17-21-29-63(54)80)58(39-45)56-33-34-76-44-67(56)81-64-30-22-18-26-55(64)59-42-57-52-23-15-19-27-60(52)75(13,14)61(57)43-66(59)81/h15-44H,1-14H3. The zero-order valence-corrected chi connectivity index (χ0v) is 49.5. The Labute approximate surface area is 477 Å². The minimum Gasteiger partial charge on any atom is -0.309 e. The van der Waals surface area contributed by atoms with Crippen molar-refractivity contribution in [2.75, 3.05) is 0 Å². The van der Waals surface area contributed by atoms with Crippen molar-refractivity contribution < 1.29 is 0 Å². The highest BCUT2D eigenvalue weighted by Gasteiger charge is 2.37. The fraction of sp³-hybridized carbons (Fsp3) is 0.253. The molecule has 0 N–H and O–H groups in total. The van der Waals surface area contributed by atoms with Gasteiger partial charge in [-0.3, -0.25) is 4.98 Å². The smallest absolute Gasteiger partial charge is 0.164 e. The van der Waals surface area contributed by atoms with Gasteiger partial charge in [-0.05, 0) is 145 Å². The van der Waals surface area contributed by atoms with Crippen LogP contribution < -0.4 is 0 Å². The molecule has 6 nitrogen and oxygen atoms in total. The van der Waals surface area contributed by atoms with E-state index in [1.165, 1.54) is 66.1 Å². The second-order valence-electron chi connectivity index (χ2n) is 27.3. The first-order valence-corrected chi connectivity index (χ1v) is 28.8. The Hall–Kier alpha value is -8.48. The summed E-state index contributed by atoms with van der Waals surface area (Å²) < 4.78 is 4.90. The molecule has 0 amide bonds. The first kappa shape index (κ1) is 51.9. The molecule has 0 bridgehead atoms. The van der Waals surface area contributed by atoms with E-state index in [-0.39, 0.29) is 27.1 Å². The maximum absolute atomic E-state index is 5.59. The van der Waals surface area contributed by atoms with Gasteiger partial charge in [-0.2, -0.15) is 0 Å². The molecule has 12 aromatic rings. The van der Waals surface area contributed by atoms with Crippen molar-refractivity contribution in [3.63, 3.8) is 0 Å². The highest BCUT2D eigenvalue weighted by atomic mass is 15.0. The van der Waals surface area contributed by atoms with Crippen molar-refractivity contribution in [3.05, 3.63) is 216 Å². The molecule has 0 saturated heterocycles. The Bertz CT molecular complexity index is 4320. The average molecular weight is 1060 g/mol. The fourth-order valence-corrected chi connectivity index (χ4v) is 12.5. The number of hydrogen-bond acceptors (Lipinski definition) is 4. The van der Waals surface area contributed by atoms with E-state index in [2.05, 4.69) is 282 Å². The average Bonchev–Trinajstić information content (AvgIpc) is 4.10. The van der Waals surface area contributed by atoms with E-state index >= 15 is 0 Å². The van der Waals surface area contributed by atoms with E-state index in [0.29, 0.717) is 17.5 Å². The zero-order valence-electron chi connectivity index (χ0n) is 49.5. The zero-order chi connectivity index (χ0) is 56.7. The third kappa shape index (κ3) is 8.68. The first-order valence-electron chi connectivity index (χ1n) is 28.8. The number of para-hydroxylation sites is 3. The Balaban J connectivity index is 1.12. The van der Waals surface area contributed by atoms with Crippen molar-refractivity contribution in [1.29, 1.82) is 0 Å². The molecule has 1 aliphatic rings. The van der Waals surface area contributed by atoms with Gasteiger partial charge in [-0.15, -0.1) is 0 Å². The van der Waals surface area contributed by atoms with Gasteiger partial charge >= 0.3 is 0 Å². The Morgan fingerprint density at radius 1 is 0.333 bits per heavy atom. The molecule has 8 aromatic carbocycles. The minimum atomic E-state index is -0.190. The largest absolute Gasteiger partial charge is 0.309 e. The maximum atomic E-state index is 5.59. The monoisotopic (exact) mass is 1060 g/mol. The lowest BCUT2D eigenvalue weighted by atomic mass is 9.79. The predicted molar refractivity (Wildman–Crippen MR) is 340 cm³/mol. The Kier molecular flexibility index (Phi) is 11.7. The number of fused-ring (bicyclic) bond motifs is 9. The molecule has 0 saturated carbocycles. The number of aromatic nitrogens is 6. The fourth-order valence-electron chi connectivity index (χ4n) is 12.5. The Morgan fingerprint density at radius 3 is 1.28 bits per heavy atom. The van der Waals surface area contributed by atoms with Gasteiger partial charge in [-0.1, -0.05) is 188 Å². The summed E-state index contributed by atoms with van der Waals surface area (Å²) in [6, 6.07) is 63.1. The topological polar surface area (TPSA) is 61.4 Å². The van der Waals surface area contributed by atoms with Crippen LogP contribution in [0.15, 0.2) is 182 Å². The first-order chi connectivity index (χ1) is 38.4. The number of nitrogens with zero attached hydrogens (tertiary/aromatic N) is 6. The van der Waals surface area contributed by atoms with E-state index in [0.717, 1.165) is 61.3 Å². The molecule has 4 aromatic heterocycles. The molecule has 81 heavy (non-hydrogen) atoms. The second kappa shape index (κ2) is 18.3. The maximum Gasteiger partial charge on any atom is 0.164 e. The molecule has 0 unspecified atom stereocenters. The van der Waals surface area contributed by atoms with Crippen LogP contribution in [-0.4, -0.2) is 29.1 Å². The summed E-state index contributed by atoms with van der Waals surface area (Å²) in [6.07, 6.45) is 4.00. The van der Waals surface area contributed by atoms with Crippen LogP contribution in [0.2, 0.25) is 0 Å². The number of rotatable bonds is 6. The lowest BCUT2D eigenvalue weighted by Crippen LogP contribution is -2.17. The van der Waals surface area contributed by atoms with E-state index in [9.17, 15) is 0 Å². The molecule has 4 heterocycles. The van der Waals surface area contributed by atoms with Crippen LogP contribution in [-0.2, 0) is 27.1 Å². The van der Waals surface area contributed by atoms with Crippen molar-refractivity contribution in [2.24, 2.45) is 0 Å². The van der Waals surface area contributed by atoms with Crippen LogP contribution >= 0.6 is 0 Å². The molecule has 6 heteroatoms. The van der Waals surface area contributed by atoms with E-state index < -0.39 is 0 Å². The predicted octanol–water partition coefficient (Wildman–Crippen LogP) is 19.6. The Morgan fingerprint density at radius 2 is 0.778 bits per heavy atom. The third-order valence-corrected chi connectivity index (χ3v) is 17.3. The van der Waals surface area contributed by atoms with Gasteiger partial charge in [0.1, 0.15) is 0 Å². The van der Waals surface area contributed by atoms with Crippen LogP contribution in [0.4, 0.5) is 0 Å². The lowest BCUT2D eigenvalue weighted by molar-refractivity contribution is 0.568. The van der Waals surface area contributed by atoms with Crippen LogP contribution in [0.1, 0.15) is 130 Å². The van der Waals surface area contributed by atoms with Crippen LogP contribution in [0, 0.1) is 0 Å².